The van der Waals surface area contributed by atoms with Crippen molar-refractivity contribution in [3.63, 3.8) is 0 Å². The van der Waals surface area contributed by atoms with E-state index in [0.717, 1.165) is 0 Å². The molecule has 0 aliphatic heterocycles. The Balaban J connectivity index is 2.21. The van der Waals surface area contributed by atoms with Crippen molar-refractivity contribution < 1.29 is 8.42 Å². The summed E-state index contributed by atoms with van der Waals surface area (Å²) in [5.41, 5.74) is 0.368. The normalized spacial score (nSPS) is 18.4. The average molecular weight is 300 g/mol. The van der Waals surface area contributed by atoms with Crippen molar-refractivity contribution in [3.8, 4) is 6.07 Å². The van der Waals surface area contributed by atoms with Crippen LogP contribution in [0.1, 0.15) is 25.3 Å². The van der Waals surface area contributed by atoms with Crippen LogP contribution < -0.4 is 5.32 Å². The smallest absolute Gasteiger partial charge is 0.155 e. The maximum Gasteiger partial charge on any atom is 0.155 e. The number of nitrogens with zero attached hydrogens (tertiary/aromatic N) is 2. The summed E-state index contributed by atoms with van der Waals surface area (Å²) in [4.78, 5) is 4.05. The second-order valence-electron chi connectivity index (χ2n) is 4.87. The highest BCUT2D eigenvalue weighted by molar-refractivity contribution is 7.92. The molecule has 0 spiro atoms. The monoisotopic (exact) mass is 299 g/mol. The Morgan fingerprint density at radius 1 is 1.58 bits per heavy atom. The van der Waals surface area contributed by atoms with Gasteiger partial charge in [0.25, 0.3) is 0 Å². The molecule has 7 heteroatoms. The van der Waals surface area contributed by atoms with E-state index in [1.165, 1.54) is 18.5 Å². The Labute approximate surface area is 117 Å². The molecule has 1 heterocycles. The number of nitriles is 1. The van der Waals surface area contributed by atoms with E-state index < -0.39 is 14.6 Å². The predicted molar refractivity (Wildman–Crippen MR) is 73.9 cm³/mol. The fraction of sp³-hybridized carbons (Fsp3) is 0.500. The molecular formula is C12H14ClN3O2S. The molecule has 0 radical (unpaired) electrons. The summed E-state index contributed by atoms with van der Waals surface area (Å²) in [5, 5.41) is 12.1. The van der Waals surface area contributed by atoms with Gasteiger partial charge < -0.3 is 5.32 Å². The fourth-order valence-corrected chi connectivity index (χ4v) is 3.96. The largest absolute Gasteiger partial charge is 0.365 e. The summed E-state index contributed by atoms with van der Waals surface area (Å²) < 4.78 is 22.9. The summed E-state index contributed by atoms with van der Waals surface area (Å²) in [6, 6.07) is 3.17. The molecule has 0 bridgehead atoms. The van der Waals surface area contributed by atoms with Crippen molar-refractivity contribution >= 4 is 27.3 Å². The third-order valence-corrected chi connectivity index (χ3v) is 6.12. The molecule has 5 nitrogen and oxygen atoms in total. The molecule has 102 valence electrons. The van der Waals surface area contributed by atoms with Crippen LogP contribution in [0.15, 0.2) is 12.3 Å². The van der Waals surface area contributed by atoms with Crippen LogP contribution in [-0.4, -0.2) is 30.4 Å². The van der Waals surface area contributed by atoms with Crippen molar-refractivity contribution in [3.05, 3.63) is 22.8 Å². The minimum Gasteiger partial charge on any atom is -0.365 e. The van der Waals surface area contributed by atoms with Crippen molar-refractivity contribution in [1.82, 2.24) is 4.98 Å². The van der Waals surface area contributed by atoms with Crippen molar-refractivity contribution in [2.45, 2.75) is 30.6 Å². The Morgan fingerprint density at radius 3 is 2.63 bits per heavy atom. The van der Waals surface area contributed by atoms with Gasteiger partial charge in [0.05, 0.1) is 15.3 Å². The lowest BCUT2D eigenvalue weighted by Crippen LogP contribution is -2.39. The van der Waals surface area contributed by atoms with Crippen LogP contribution in [0.25, 0.3) is 0 Å². The van der Waals surface area contributed by atoms with Crippen LogP contribution in [0.3, 0.4) is 0 Å². The zero-order valence-corrected chi connectivity index (χ0v) is 12.2. The highest BCUT2D eigenvalue weighted by Gasteiger charge is 2.56. The number of anilines is 1. The summed E-state index contributed by atoms with van der Waals surface area (Å²) in [5.74, 6) is 0.406. The molecule has 1 aromatic heterocycles. The number of halogens is 1. The zero-order chi connectivity index (χ0) is 14.3. The van der Waals surface area contributed by atoms with E-state index in [4.69, 9.17) is 16.9 Å². The van der Waals surface area contributed by atoms with Gasteiger partial charge in [0, 0.05) is 18.5 Å². The second-order valence-corrected chi connectivity index (χ2v) is 7.63. The van der Waals surface area contributed by atoms with E-state index in [1.807, 2.05) is 13.0 Å². The molecule has 0 amide bonds. The molecule has 1 aromatic rings. The van der Waals surface area contributed by atoms with Gasteiger partial charge >= 0.3 is 0 Å². The van der Waals surface area contributed by atoms with Crippen LogP contribution in [0.2, 0.25) is 5.02 Å². The number of aromatic nitrogens is 1. The van der Waals surface area contributed by atoms with Gasteiger partial charge in [0.1, 0.15) is 11.9 Å². The first-order valence-electron chi connectivity index (χ1n) is 5.82. The molecule has 0 saturated heterocycles. The van der Waals surface area contributed by atoms with Crippen molar-refractivity contribution in [1.29, 1.82) is 5.26 Å². The van der Waals surface area contributed by atoms with Crippen molar-refractivity contribution in [2.24, 2.45) is 0 Å². The van der Waals surface area contributed by atoms with E-state index in [2.05, 4.69) is 10.3 Å². The lowest BCUT2D eigenvalue weighted by Gasteiger charge is -2.23. The number of nitrogens with one attached hydrogen (secondary N) is 1. The third kappa shape index (κ3) is 2.53. The standard InChI is InChI=1S/C12H14ClN3O2S/c1-8(12(3-4-12)19(2,17)18)16-11-10(13)5-9(6-14)7-15-11/h5,7-8H,3-4H2,1-2H3,(H,15,16). The quantitative estimate of drug-likeness (QED) is 0.919. The molecule has 1 aliphatic carbocycles. The third-order valence-electron chi connectivity index (χ3n) is 3.59. The number of hydrogen-bond acceptors (Lipinski definition) is 5. The Hall–Kier alpha value is -1.32. The summed E-state index contributed by atoms with van der Waals surface area (Å²) >= 11 is 6.01. The Kier molecular flexibility index (Phi) is 3.45. The summed E-state index contributed by atoms with van der Waals surface area (Å²) in [6.07, 6.45) is 3.95. The second kappa shape index (κ2) is 4.66. The first-order valence-corrected chi connectivity index (χ1v) is 8.09. The van der Waals surface area contributed by atoms with Gasteiger partial charge in [-0.15, -0.1) is 0 Å². The predicted octanol–water partition coefficient (Wildman–Crippen LogP) is 1.98. The van der Waals surface area contributed by atoms with E-state index in [1.54, 1.807) is 0 Å². The van der Waals surface area contributed by atoms with Crippen LogP contribution in [0.5, 0.6) is 0 Å². The zero-order valence-electron chi connectivity index (χ0n) is 10.6. The lowest BCUT2D eigenvalue weighted by molar-refractivity contribution is 0.568. The minimum atomic E-state index is -3.12. The van der Waals surface area contributed by atoms with Crippen LogP contribution in [0, 0.1) is 11.3 Å². The van der Waals surface area contributed by atoms with E-state index >= 15 is 0 Å². The van der Waals surface area contributed by atoms with Gasteiger partial charge in [-0.25, -0.2) is 13.4 Å². The van der Waals surface area contributed by atoms with Gasteiger partial charge in [-0.05, 0) is 25.8 Å². The lowest BCUT2D eigenvalue weighted by atomic mass is 10.2. The van der Waals surface area contributed by atoms with Crippen LogP contribution in [0.4, 0.5) is 5.82 Å². The maximum absolute atomic E-state index is 11.8. The highest BCUT2D eigenvalue weighted by atomic mass is 35.5. The number of pyridine rings is 1. The fourth-order valence-electron chi connectivity index (χ4n) is 2.19. The molecule has 2 rings (SSSR count). The number of sulfone groups is 1. The van der Waals surface area contributed by atoms with E-state index in [9.17, 15) is 8.42 Å². The first kappa shape index (κ1) is 14.1. The summed E-state index contributed by atoms with van der Waals surface area (Å²) in [7, 11) is -3.12. The molecule has 0 aromatic carbocycles. The molecule has 1 N–H and O–H groups in total. The van der Waals surface area contributed by atoms with E-state index in [-0.39, 0.29) is 6.04 Å². The summed E-state index contributed by atoms with van der Waals surface area (Å²) in [6.45, 7) is 1.81. The van der Waals surface area contributed by atoms with Gasteiger partial charge in [-0.2, -0.15) is 5.26 Å². The topological polar surface area (TPSA) is 82.8 Å². The van der Waals surface area contributed by atoms with E-state index in [0.29, 0.717) is 29.2 Å². The highest BCUT2D eigenvalue weighted by Crippen LogP contribution is 2.47. The minimum absolute atomic E-state index is 0.277. The van der Waals surface area contributed by atoms with Gasteiger partial charge in [-0.3, -0.25) is 0 Å². The molecule has 1 aliphatic rings. The SMILES string of the molecule is CC(Nc1ncc(C#N)cc1Cl)C1(S(C)(=O)=O)CC1. The first-order chi connectivity index (χ1) is 8.80. The average Bonchev–Trinajstić information content (AvgIpc) is 3.12. The number of hydrogen-bond donors (Lipinski definition) is 1. The van der Waals surface area contributed by atoms with Crippen LogP contribution >= 0.6 is 11.6 Å². The maximum atomic E-state index is 11.8. The Morgan fingerprint density at radius 2 is 2.21 bits per heavy atom. The molecular weight excluding hydrogens is 286 g/mol. The molecule has 19 heavy (non-hydrogen) atoms. The molecule has 1 unspecified atom stereocenters. The van der Waals surface area contributed by atoms with Gasteiger partial charge in [-0.1, -0.05) is 11.6 Å². The van der Waals surface area contributed by atoms with Crippen molar-refractivity contribution in [2.75, 3.05) is 11.6 Å². The number of rotatable bonds is 4. The van der Waals surface area contributed by atoms with Gasteiger partial charge in [0.15, 0.2) is 9.84 Å². The Bertz CT molecular complexity index is 647. The molecule has 1 fully saturated rings. The molecule has 1 atom stereocenters. The van der Waals surface area contributed by atoms with Crippen LogP contribution in [-0.2, 0) is 9.84 Å². The van der Waals surface area contributed by atoms with Gasteiger partial charge in [0.2, 0.25) is 0 Å². The molecule has 1 saturated carbocycles.